The van der Waals surface area contributed by atoms with Crippen LogP contribution in [-0.4, -0.2) is 37.2 Å². The normalized spacial score (nSPS) is 12.4. The molecule has 0 heterocycles. The Labute approximate surface area is 434 Å². The highest BCUT2D eigenvalue weighted by Gasteiger charge is 2.19. The van der Waals surface area contributed by atoms with Gasteiger partial charge in [-0.15, -0.1) is 0 Å². The van der Waals surface area contributed by atoms with Crippen molar-refractivity contribution in [1.29, 1.82) is 0 Å². The maximum atomic E-state index is 12.9. The fourth-order valence-corrected chi connectivity index (χ4v) is 8.79. The lowest BCUT2D eigenvalue weighted by Crippen LogP contribution is -2.30. The molecule has 0 rings (SSSR count). The summed E-state index contributed by atoms with van der Waals surface area (Å²) in [5.74, 6) is -0.894. The number of rotatable bonds is 55. The highest BCUT2D eigenvalue weighted by atomic mass is 16.6. The lowest BCUT2D eigenvalue weighted by atomic mass is 10.0. The molecule has 70 heavy (non-hydrogen) atoms. The van der Waals surface area contributed by atoms with Crippen LogP contribution in [0.25, 0.3) is 0 Å². The number of ether oxygens (including phenoxy) is 3. The van der Waals surface area contributed by atoms with Crippen LogP contribution in [-0.2, 0) is 28.6 Å². The van der Waals surface area contributed by atoms with Crippen LogP contribution >= 0.6 is 0 Å². The molecule has 0 aromatic rings. The predicted molar refractivity (Wildman–Crippen MR) is 302 cm³/mol. The van der Waals surface area contributed by atoms with Crippen LogP contribution in [0.2, 0.25) is 0 Å². The second kappa shape index (κ2) is 58.7. The smallest absolute Gasteiger partial charge is 0.306 e. The number of carbonyl (C=O) groups is 3. The summed E-state index contributed by atoms with van der Waals surface area (Å²) in [6.07, 6.45) is 73.6. The summed E-state index contributed by atoms with van der Waals surface area (Å²) in [5.41, 5.74) is 0. The molecule has 0 fully saturated rings. The van der Waals surface area contributed by atoms with E-state index in [1.165, 1.54) is 180 Å². The minimum atomic E-state index is -0.786. The molecule has 0 aromatic carbocycles. The van der Waals surface area contributed by atoms with Gasteiger partial charge >= 0.3 is 17.9 Å². The Balaban J connectivity index is 4.38. The minimum Gasteiger partial charge on any atom is -0.462 e. The second-order valence-electron chi connectivity index (χ2n) is 20.3. The van der Waals surface area contributed by atoms with Crippen molar-refractivity contribution in [3.8, 4) is 0 Å². The largest absolute Gasteiger partial charge is 0.462 e. The first-order valence-electron chi connectivity index (χ1n) is 30.3. The third-order valence-corrected chi connectivity index (χ3v) is 13.3. The van der Waals surface area contributed by atoms with Gasteiger partial charge in [-0.05, 0) is 64.2 Å². The van der Waals surface area contributed by atoms with Gasteiger partial charge in [-0.2, -0.15) is 0 Å². The fourth-order valence-electron chi connectivity index (χ4n) is 8.79. The van der Waals surface area contributed by atoms with Crippen molar-refractivity contribution in [2.45, 2.75) is 316 Å². The molecule has 0 aromatic heterocycles. The van der Waals surface area contributed by atoms with Crippen LogP contribution in [0.1, 0.15) is 310 Å². The predicted octanol–water partition coefficient (Wildman–Crippen LogP) is 20.4. The summed E-state index contributed by atoms with van der Waals surface area (Å²) in [6, 6.07) is 0. The van der Waals surface area contributed by atoms with Crippen molar-refractivity contribution < 1.29 is 28.6 Å². The molecule has 0 amide bonds. The molecule has 6 heteroatoms. The van der Waals surface area contributed by atoms with E-state index in [4.69, 9.17) is 14.2 Å². The standard InChI is InChI=1S/C64H114O6/c1-4-7-10-13-16-19-22-25-28-30-32-34-36-39-42-45-48-51-54-57-63(66)69-60-61(59-68-62(65)56-53-50-47-44-41-38-35-27-24-21-18-15-12-9-6-3)70-64(67)58-55-52-49-46-43-40-37-33-31-29-26-23-20-17-14-11-8-5-2/h9,12,15,18,21,24,29,31,33,37,61H,4-8,10-11,13-14,16-17,19-20,22-23,25-28,30,32,34-36,38-60H2,1-3H3/b12-9-,18-15-,24-21-,31-29-,37-33-. The molecule has 0 aliphatic rings. The molecule has 0 N–H and O–H groups in total. The lowest BCUT2D eigenvalue weighted by molar-refractivity contribution is -0.167. The van der Waals surface area contributed by atoms with Crippen molar-refractivity contribution in [1.82, 2.24) is 0 Å². The molecule has 1 atom stereocenters. The van der Waals surface area contributed by atoms with Gasteiger partial charge in [0.2, 0.25) is 0 Å². The molecule has 0 saturated heterocycles. The molecule has 0 aliphatic carbocycles. The van der Waals surface area contributed by atoms with Gasteiger partial charge in [0, 0.05) is 19.3 Å². The van der Waals surface area contributed by atoms with Gasteiger partial charge in [-0.1, -0.05) is 287 Å². The molecule has 1 unspecified atom stereocenters. The topological polar surface area (TPSA) is 78.9 Å². The van der Waals surface area contributed by atoms with Gasteiger partial charge in [-0.25, -0.2) is 0 Å². The zero-order valence-electron chi connectivity index (χ0n) is 46.5. The summed E-state index contributed by atoms with van der Waals surface area (Å²) in [5, 5.41) is 0. The zero-order valence-corrected chi connectivity index (χ0v) is 46.5. The molecule has 0 bridgehead atoms. The van der Waals surface area contributed by atoms with Crippen LogP contribution in [0.5, 0.6) is 0 Å². The number of hydrogen-bond acceptors (Lipinski definition) is 6. The molecule has 0 spiro atoms. The van der Waals surface area contributed by atoms with E-state index in [1.807, 2.05) is 0 Å². The monoisotopic (exact) mass is 979 g/mol. The van der Waals surface area contributed by atoms with Gasteiger partial charge in [0.05, 0.1) is 0 Å². The first-order chi connectivity index (χ1) is 34.5. The maximum absolute atomic E-state index is 12.9. The zero-order chi connectivity index (χ0) is 50.7. The molecular formula is C64H114O6. The van der Waals surface area contributed by atoms with Crippen LogP contribution in [0, 0.1) is 0 Å². The highest BCUT2D eigenvalue weighted by molar-refractivity contribution is 5.71. The van der Waals surface area contributed by atoms with Gasteiger partial charge in [-0.3, -0.25) is 14.4 Å². The van der Waals surface area contributed by atoms with E-state index in [0.29, 0.717) is 19.3 Å². The van der Waals surface area contributed by atoms with Crippen molar-refractivity contribution in [3.63, 3.8) is 0 Å². The second-order valence-corrected chi connectivity index (χ2v) is 20.3. The van der Waals surface area contributed by atoms with E-state index in [0.717, 1.165) is 89.9 Å². The van der Waals surface area contributed by atoms with E-state index < -0.39 is 6.10 Å². The van der Waals surface area contributed by atoms with E-state index in [-0.39, 0.29) is 31.1 Å². The van der Waals surface area contributed by atoms with Crippen LogP contribution in [0.4, 0.5) is 0 Å². The number of hydrogen-bond donors (Lipinski definition) is 0. The Morgan fingerprint density at radius 3 is 0.871 bits per heavy atom. The fraction of sp³-hybridized carbons (Fsp3) is 0.797. The third-order valence-electron chi connectivity index (χ3n) is 13.3. The molecule has 0 aliphatic heterocycles. The average Bonchev–Trinajstić information content (AvgIpc) is 3.36. The van der Waals surface area contributed by atoms with Gasteiger partial charge in [0.15, 0.2) is 6.10 Å². The Morgan fingerprint density at radius 2 is 0.557 bits per heavy atom. The Kier molecular flexibility index (Phi) is 56.3. The SMILES string of the molecule is CC\C=C/C=C\C=C/CCCCCCCCCC(=O)OCC(COC(=O)CCCCCCCCCCCCCCCCCCCCC)OC(=O)CCCCCCC/C=C\C=C/CCCCCCCCC. The van der Waals surface area contributed by atoms with Gasteiger partial charge in [0.25, 0.3) is 0 Å². The van der Waals surface area contributed by atoms with Crippen LogP contribution < -0.4 is 0 Å². The van der Waals surface area contributed by atoms with Crippen LogP contribution in [0.3, 0.4) is 0 Å². The molecule has 406 valence electrons. The first kappa shape index (κ1) is 67.1. The van der Waals surface area contributed by atoms with Gasteiger partial charge in [0.1, 0.15) is 13.2 Å². The van der Waals surface area contributed by atoms with Crippen molar-refractivity contribution in [2.75, 3.05) is 13.2 Å². The van der Waals surface area contributed by atoms with Crippen molar-refractivity contribution in [3.05, 3.63) is 60.8 Å². The minimum absolute atomic E-state index is 0.0817. The molecule has 0 radical (unpaired) electrons. The molecular weight excluding hydrogens is 865 g/mol. The van der Waals surface area contributed by atoms with Crippen LogP contribution in [0.15, 0.2) is 60.8 Å². The average molecular weight is 980 g/mol. The number of carbonyl (C=O) groups excluding carboxylic acids is 3. The van der Waals surface area contributed by atoms with E-state index in [2.05, 4.69) is 81.5 Å². The Hall–Kier alpha value is -2.89. The quantitative estimate of drug-likeness (QED) is 0.0261. The summed E-state index contributed by atoms with van der Waals surface area (Å²) in [4.78, 5) is 38.2. The first-order valence-corrected chi connectivity index (χ1v) is 30.3. The lowest BCUT2D eigenvalue weighted by Gasteiger charge is -2.18. The number of unbranched alkanes of at least 4 members (excludes halogenated alkanes) is 37. The number of esters is 3. The van der Waals surface area contributed by atoms with Gasteiger partial charge < -0.3 is 14.2 Å². The number of allylic oxidation sites excluding steroid dienone is 10. The third kappa shape index (κ3) is 56.0. The van der Waals surface area contributed by atoms with Crippen molar-refractivity contribution in [2.24, 2.45) is 0 Å². The Bertz CT molecular complexity index is 1260. The summed E-state index contributed by atoms with van der Waals surface area (Å²) < 4.78 is 16.9. The Morgan fingerprint density at radius 1 is 0.300 bits per heavy atom. The summed E-state index contributed by atoms with van der Waals surface area (Å²) in [6.45, 7) is 6.52. The molecule has 6 nitrogen and oxygen atoms in total. The summed E-state index contributed by atoms with van der Waals surface area (Å²) >= 11 is 0. The van der Waals surface area contributed by atoms with E-state index in [1.54, 1.807) is 0 Å². The summed E-state index contributed by atoms with van der Waals surface area (Å²) in [7, 11) is 0. The van der Waals surface area contributed by atoms with Crippen molar-refractivity contribution >= 4 is 17.9 Å². The van der Waals surface area contributed by atoms with E-state index >= 15 is 0 Å². The molecule has 0 saturated carbocycles. The maximum Gasteiger partial charge on any atom is 0.306 e. The van der Waals surface area contributed by atoms with E-state index in [9.17, 15) is 14.4 Å². The highest BCUT2D eigenvalue weighted by Crippen LogP contribution is 2.17.